The number of rotatable bonds is 3. The minimum absolute atomic E-state index is 0.0592. The molecule has 0 aliphatic heterocycles. The molecular formula is C12H8F3N3. The Morgan fingerprint density at radius 3 is 2.61 bits per heavy atom. The molecule has 0 bridgehead atoms. The van der Waals surface area contributed by atoms with Gasteiger partial charge in [0.1, 0.15) is 11.8 Å². The highest BCUT2D eigenvalue weighted by atomic mass is 19.4. The number of allylic oxidation sites excluding steroid dienone is 2. The van der Waals surface area contributed by atoms with Crippen LogP contribution >= 0.6 is 0 Å². The van der Waals surface area contributed by atoms with Crippen molar-refractivity contribution in [3.8, 4) is 6.07 Å². The topological polar surface area (TPSA) is 49.0 Å². The van der Waals surface area contributed by atoms with Crippen LogP contribution in [0.2, 0.25) is 0 Å². The van der Waals surface area contributed by atoms with Gasteiger partial charge in [-0.3, -0.25) is 4.98 Å². The Morgan fingerprint density at radius 1 is 1.39 bits per heavy atom. The van der Waals surface area contributed by atoms with Gasteiger partial charge in [0.2, 0.25) is 0 Å². The van der Waals surface area contributed by atoms with E-state index in [0.717, 1.165) is 12.3 Å². The zero-order chi connectivity index (χ0) is 13.8. The van der Waals surface area contributed by atoms with E-state index in [-0.39, 0.29) is 16.8 Å². The Labute approximate surface area is 102 Å². The molecule has 0 aliphatic carbocycles. The van der Waals surface area contributed by atoms with Crippen LogP contribution in [0.4, 0.5) is 13.2 Å². The molecule has 0 radical (unpaired) electrons. The Hall–Kier alpha value is -2.42. The van der Waals surface area contributed by atoms with Crippen molar-refractivity contribution in [1.82, 2.24) is 4.98 Å². The van der Waals surface area contributed by atoms with Gasteiger partial charge in [0, 0.05) is 24.2 Å². The molecule has 92 valence electrons. The van der Waals surface area contributed by atoms with Crippen molar-refractivity contribution < 1.29 is 13.2 Å². The standard InChI is InChI=1S/C12H8F3N3/c1-8(5-18-9(2)4-16)10-3-11(7-17-6-10)12(13,14)15/h3,5-7H,1-2H2. The number of hydrogen-bond donors (Lipinski definition) is 0. The van der Waals surface area contributed by atoms with Gasteiger partial charge < -0.3 is 0 Å². The number of halogens is 3. The van der Waals surface area contributed by atoms with Crippen LogP contribution in [0, 0.1) is 11.3 Å². The first kappa shape index (κ1) is 13.6. The molecule has 0 atom stereocenters. The highest BCUT2D eigenvalue weighted by molar-refractivity contribution is 6.09. The Balaban J connectivity index is 2.98. The fraction of sp³-hybridized carbons (Fsp3) is 0.0833. The van der Waals surface area contributed by atoms with E-state index in [1.54, 1.807) is 6.07 Å². The number of aromatic nitrogens is 1. The highest BCUT2D eigenvalue weighted by Gasteiger charge is 2.31. The minimum atomic E-state index is -4.46. The predicted molar refractivity (Wildman–Crippen MR) is 61.5 cm³/mol. The second kappa shape index (κ2) is 5.27. The smallest absolute Gasteiger partial charge is 0.263 e. The summed E-state index contributed by atoms with van der Waals surface area (Å²) in [5, 5.41) is 8.41. The van der Waals surface area contributed by atoms with Crippen LogP contribution in [0.15, 0.2) is 42.3 Å². The van der Waals surface area contributed by atoms with E-state index in [1.807, 2.05) is 0 Å². The molecule has 3 nitrogen and oxygen atoms in total. The van der Waals surface area contributed by atoms with Crippen molar-refractivity contribution >= 4 is 11.8 Å². The second-order valence-electron chi connectivity index (χ2n) is 3.30. The van der Waals surface area contributed by atoms with Crippen LogP contribution in [0.3, 0.4) is 0 Å². The van der Waals surface area contributed by atoms with Crippen LogP contribution in [-0.2, 0) is 6.18 Å². The molecular weight excluding hydrogens is 243 g/mol. The Morgan fingerprint density at radius 2 is 2.06 bits per heavy atom. The predicted octanol–water partition coefficient (Wildman–Crippen LogP) is 3.22. The van der Waals surface area contributed by atoms with Crippen molar-refractivity contribution in [2.75, 3.05) is 0 Å². The molecule has 0 saturated carbocycles. The lowest BCUT2D eigenvalue weighted by atomic mass is 10.1. The third-order valence-electron chi connectivity index (χ3n) is 1.94. The van der Waals surface area contributed by atoms with Crippen LogP contribution in [-0.4, -0.2) is 11.2 Å². The van der Waals surface area contributed by atoms with Crippen LogP contribution < -0.4 is 0 Å². The van der Waals surface area contributed by atoms with Crippen molar-refractivity contribution in [2.45, 2.75) is 6.18 Å². The molecule has 0 amide bonds. The first-order chi connectivity index (χ1) is 8.34. The van der Waals surface area contributed by atoms with Gasteiger partial charge in [-0.1, -0.05) is 13.2 Å². The average molecular weight is 251 g/mol. The Bertz CT molecular complexity index is 550. The summed E-state index contributed by atoms with van der Waals surface area (Å²) in [6.45, 7) is 6.85. The van der Waals surface area contributed by atoms with Crippen LogP contribution in [0.25, 0.3) is 5.57 Å². The lowest BCUT2D eigenvalue weighted by Gasteiger charge is -2.07. The summed E-state index contributed by atoms with van der Waals surface area (Å²) >= 11 is 0. The van der Waals surface area contributed by atoms with Crippen molar-refractivity contribution in [3.63, 3.8) is 0 Å². The number of alkyl halides is 3. The summed E-state index contributed by atoms with van der Waals surface area (Å²) in [6, 6.07) is 2.59. The van der Waals surface area contributed by atoms with E-state index < -0.39 is 11.7 Å². The monoisotopic (exact) mass is 251 g/mol. The largest absolute Gasteiger partial charge is 0.417 e. The molecule has 0 aliphatic rings. The number of pyridine rings is 1. The normalized spacial score (nSPS) is 11.2. The number of hydrogen-bond acceptors (Lipinski definition) is 3. The molecule has 0 saturated heterocycles. The summed E-state index contributed by atoms with van der Waals surface area (Å²) in [4.78, 5) is 7.11. The van der Waals surface area contributed by atoms with Gasteiger partial charge in [-0.15, -0.1) is 0 Å². The minimum Gasteiger partial charge on any atom is -0.263 e. The fourth-order valence-electron chi connectivity index (χ4n) is 1.03. The summed E-state index contributed by atoms with van der Waals surface area (Å²) < 4.78 is 37.3. The first-order valence-corrected chi connectivity index (χ1v) is 4.69. The van der Waals surface area contributed by atoms with Crippen LogP contribution in [0.1, 0.15) is 11.1 Å². The third kappa shape index (κ3) is 3.56. The SMILES string of the molecule is C=C(C#N)N=CC(=C)c1cncc(C(F)(F)F)c1. The zero-order valence-corrected chi connectivity index (χ0v) is 9.20. The summed E-state index contributed by atoms with van der Waals surface area (Å²) in [5.41, 5.74) is -0.533. The Kier molecular flexibility index (Phi) is 4.00. The molecule has 0 spiro atoms. The van der Waals surface area contributed by atoms with E-state index >= 15 is 0 Å². The molecule has 0 unspecified atom stereocenters. The van der Waals surface area contributed by atoms with E-state index in [9.17, 15) is 13.2 Å². The first-order valence-electron chi connectivity index (χ1n) is 4.69. The van der Waals surface area contributed by atoms with E-state index in [0.29, 0.717) is 0 Å². The molecule has 0 aromatic carbocycles. The summed E-state index contributed by atoms with van der Waals surface area (Å²) in [6.07, 6.45) is -1.33. The van der Waals surface area contributed by atoms with Crippen molar-refractivity contribution in [3.05, 3.63) is 48.4 Å². The maximum Gasteiger partial charge on any atom is 0.417 e. The van der Waals surface area contributed by atoms with Gasteiger partial charge >= 0.3 is 6.18 Å². The maximum absolute atomic E-state index is 12.4. The van der Waals surface area contributed by atoms with E-state index in [4.69, 9.17) is 5.26 Å². The van der Waals surface area contributed by atoms with E-state index in [1.165, 1.54) is 12.4 Å². The van der Waals surface area contributed by atoms with Gasteiger partial charge in [-0.2, -0.15) is 18.4 Å². The zero-order valence-electron chi connectivity index (χ0n) is 9.20. The third-order valence-corrected chi connectivity index (χ3v) is 1.94. The number of aliphatic imine (C=N–C) groups is 1. The van der Waals surface area contributed by atoms with E-state index in [2.05, 4.69) is 23.1 Å². The molecule has 1 rings (SSSR count). The molecule has 0 fully saturated rings. The molecule has 1 aromatic heterocycles. The highest BCUT2D eigenvalue weighted by Crippen LogP contribution is 2.29. The molecule has 1 aromatic rings. The lowest BCUT2D eigenvalue weighted by molar-refractivity contribution is -0.137. The molecule has 6 heteroatoms. The second-order valence-corrected chi connectivity index (χ2v) is 3.30. The quantitative estimate of drug-likeness (QED) is 0.611. The average Bonchev–Trinajstić information content (AvgIpc) is 2.34. The number of nitrogens with zero attached hydrogens (tertiary/aromatic N) is 3. The van der Waals surface area contributed by atoms with Crippen LogP contribution in [0.5, 0.6) is 0 Å². The maximum atomic E-state index is 12.4. The van der Waals surface area contributed by atoms with Gasteiger partial charge in [-0.05, 0) is 11.6 Å². The molecule has 1 heterocycles. The van der Waals surface area contributed by atoms with Gasteiger partial charge in [0.25, 0.3) is 0 Å². The van der Waals surface area contributed by atoms with Gasteiger partial charge in [0.15, 0.2) is 0 Å². The lowest BCUT2D eigenvalue weighted by Crippen LogP contribution is -2.06. The van der Waals surface area contributed by atoms with Crippen molar-refractivity contribution in [1.29, 1.82) is 5.26 Å². The molecule has 0 N–H and O–H groups in total. The number of nitriles is 1. The van der Waals surface area contributed by atoms with Crippen molar-refractivity contribution in [2.24, 2.45) is 4.99 Å². The van der Waals surface area contributed by atoms with Gasteiger partial charge in [-0.25, -0.2) is 4.99 Å². The summed E-state index contributed by atoms with van der Waals surface area (Å²) in [5.74, 6) is 0. The van der Waals surface area contributed by atoms with Gasteiger partial charge in [0.05, 0.1) is 5.56 Å². The fourth-order valence-corrected chi connectivity index (χ4v) is 1.03. The summed E-state index contributed by atoms with van der Waals surface area (Å²) in [7, 11) is 0. The molecule has 18 heavy (non-hydrogen) atoms.